The van der Waals surface area contributed by atoms with Crippen LogP contribution in [0.25, 0.3) is 10.8 Å². The highest BCUT2D eigenvalue weighted by Crippen LogP contribution is 2.39. The van der Waals surface area contributed by atoms with E-state index in [0.29, 0.717) is 11.1 Å². The van der Waals surface area contributed by atoms with Crippen LogP contribution in [0.3, 0.4) is 0 Å². The molecule has 0 fully saturated rings. The standard InChI is InChI=1S/C19H18ClNO3S/c1-11-8-12(2)19(13(3)9-11)24-25(23)21-17-15-7-5-4-6-14(15)10-16(20)18(17)22/h4-10,21-22H,1-3H3. The van der Waals surface area contributed by atoms with E-state index >= 15 is 0 Å². The van der Waals surface area contributed by atoms with E-state index in [4.69, 9.17) is 15.8 Å². The van der Waals surface area contributed by atoms with Crippen LogP contribution in [0.1, 0.15) is 16.7 Å². The quantitative estimate of drug-likeness (QED) is 0.616. The van der Waals surface area contributed by atoms with E-state index in [9.17, 15) is 9.32 Å². The maximum Gasteiger partial charge on any atom is 0.316 e. The topological polar surface area (TPSA) is 58.6 Å². The highest BCUT2D eigenvalue weighted by molar-refractivity contribution is 7.82. The third-order valence-electron chi connectivity index (χ3n) is 3.92. The summed E-state index contributed by atoms with van der Waals surface area (Å²) in [5.74, 6) is 0.400. The van der Waals surface area contributed by atoms with E-state index in [2.05, 4.69) is 4.72 Å². The molecule has 0 heterocycles. The van der Waals surface area contributed by atoms with E-state index in [1.165, 1.54) is 0 Å². The summed E-state index contributed by atoms with van der Waals surface area (Å²) in [6.07, 6.45) is 0. The summed E-state index contributed by atoms with van der Waals surface area (Å²) in [7, 11) is 0. The van der Waals surface area contributed by atoms with Crippen molar-refractivity contribution in [1.82, 2.24) is 0 Å². The van der Waals surface area contributed by atoms with Gasteiger partial charge in [-0.1, -0.05) is 53.6 Å². The number of hydrogen-bond acceptors (Lipinski definition) is 3. The van der Waals surface area contributed by atoms with Gasteiger partial charge in [0.1, 0.15) is 11.4 Å². The minimum Gasteiger partial charge on any atom is -0.504 e. The lowest BCUT2D eigenvalue weighted by atomic mass is 10.1. The fourth-order valence-electron chi connectivity index (χ4n) is 2.88. The van der Waals surface area contributed by atoms with Crippen molar-refractivity contribution in [3.05, 3.63) is 64.2 Å². The summed E-state index contributed by atoms with van der Waals surface area (Å²) in [5, 5.41) is 12.0. The molecule has 0 aliphatic carbocycles. The molecule has 3 aromatic rings. The molecular formula is C19H18ClNO3S. The van der Waals surface area contributed by atoms with E-state index in [1.807, 2.05) is 57.2 Å². The molecule has 0 radical (unpaired) electrons. The van der Waals surface area contributed by atoms with Crippen LogP contribution >= 0.6 is 11.6 Å². The fraction of sp³-hybridized carbons (Fsp3) is 0.158. The van der Waals surface area contributed by atoms with E-state index in [0.717, 1.165) is 22.1 Å². The van der Waals surface area contributed by atoms with Gasteiger partial charge in [0.05, 0.1) is 5.02 Å². The predicted molar refractivity (Wildman–Crippen MR) is 104 cm³/mol. The third-order valence-corrected chi connectivity index (χ3v) is 4.90. The summed E-state index contributed by atoms with van der Waals surface area (Å²) < 4.78 is 20.8. The van der Waals surface area contributed by atoms with E-state index in [1.54, 1.807) is 6.07 Å². The van der Waals surface area contributed by atoms with E-state index in [-0.39, 0.29) is 16.5 Å². The Kier molecular flexibility index (Phi) is 4.88. The number of nitrogens with one attached hydrogen (secondary N) is 1. The number of hydrogen-bond donors (Lipinski definition) is 2. The Morgan fingerprint density at radius 2 is 1.72 bits per heavy atom. The lowest BCUT2D eigenvalue weighted by molar-refractivity contribution is 0.478. The lowest BCUT2D eigenvalue weighted by Gasteiger charge is -2.15. The average Bonchev–Trinajstić information content (AvgIpc) is 2.55. The molecule has 0 aliphatic heterocycles. The van der Waals surface area contributed by atoms with Crippen molar-refractivity contribution in [2.45, 2.75) is 20.8 Å². The zero-order valence-corrected chi connectivity index (χ0v) is 15.7. The van der Waals surface area contributed by atoms with Crippen molar-refractivity contribution in [3.63, 3.8) is 0 Å². The minimum absolute atomic E-state index is 0.158. The molecular weight excluding hydrogens is 358 g/mol. The van der Waals surface area contributed by atoms with Gasteiger partial charge in [-0.05, 0) is 43.4 Å². The maximum absolute atomic E-state index is 12.5. The second-order valence-electron chi connectivity index (χ2n) is 5.95. The normalized spacial score (nSPS) is 12.2. The fourth-order valence-corrected chi connectivity index (χ4v) is 3.93. The van der Waals surface area contributed by atoms with Crippen molar-refractivity contribution < 1.29 is 13.5 Å². The second kappa shape index (κ2) is 6.94. The molecule has 0 aliphatic rings. The highest BCUT2D eigenvalue weighted by atomic mass is 35.5. The smallest absolute Gasteiger partial charge is 0.316 e. The molecule has 3 rings (SSSR count). The molecule has 25 heavy (non-hydrogen) atoms. The number of anilines is 1. The van der Waals surface area contributed by atoms with Gasteiger partial charge >= 0.3 is 11.3 Å². The van der Waals surface area contributed by atoms with Gasteiger partial charge < -0.3 is 9.29 Å². The van der Waals surface area contributed by atoms with Gasteiger partial charge in [-0.2, -0.15) is 4.21 Å². The second-order valence-corrected chi connectivity index (χ2v) is 7.20. The van der Waals surface area contributed by atoms with Gasteiger partial charge in [-0.25, -0.2) is 0 Å². The van der Waals surface area contributed by atoms with Crippen molar-refractivity contribution in [1.29, 1.82) is 0 Å². The largest absolute Gasteiger partial charge is 0.504 e. The van der Waals surface area contributed by atoms with Gasteiger partial charge in [0.2, 0.25) is 0 Å². The van der Waals surface area contributed by atoms with E-state index < -0.39 is 11.3 Å². The van der Waals surface area contributed by atoms with Crippen LogP contribution in [0.5, 0.6) is 11.5 Å². The van der Waals surface area contributed by atoms with Crippen molar-refractivity contribution in [3.8, 4) is 11.5 Å². The number of aryl methyl sites for hydroxylation is 3. The molecule has 130 valence electrons. The van der Waals surface area contributed by atoms with Crippen LogP contribution in [-0.4, -0.2) is 9.32 Å². The number of benzene rings is 3. The summed E-state index contributed by atoms with van der Waals surface area (Å²) in [6.45, 7) is 5.80. The molecule has 3 aromatic carbocycles. The van der Waals surface area contributed by atoms with Crippen LogP contribution < -0.4 is 8.91 Å². The van der Waals surface area contributed by atoms with Crippen molar-refractivity contribution >= 4 is 39.3 Å². The summed E-state index contributed by atoms with van der Waals surface area (Å²) in [4.78, 5) is 0. The molecule has 0 bridgehead atoms. The predicted octanol–water partition coefficient (Wildman–Crippen LogP) is 5.19. The molecule has 0 aromatic heterocycles. The molecule has 1 atom stereocenters. The molecule has 0 saturated carbocycles. The lowest BCUT2D eigenvalue weighted by Crippen LogP contribution is -2.13. The third kappa shape index (κ3) is 3.57. The number of aromatic hydroxyl groups is 1. The molecule has 0 spiro atoms. The first-order valence-corrected chi connectivity index (χ1v) is 9.17. The van der Waals surface area contributed by atoms with Gasteiger partial charge in [0.15, 0.2) is 5.75 Å². The summed E-state index contributed by atoms with van der Waals surface area (Å²) in [6, 6.07) is 13.0. The molecule has 2 N–H and O–H groups in total. The zero-order chi connectivity index (χ0) is 18.1. The average molecular weight is 376 g/mol. The Bertz CT molecular complexity index is 965. The summed E-state index contributed by atoms with van der Waals surface area (Å²) in [5.41, 5.74) is 3.18. The summed E-state index contributed by atoms with van der Waals surface area (Å²) >= 11 is 4.18. The number of phenolic OH excluding ortho intramolecular Hbond substituents is 1. The number of halogens is 1. The van der Waals surface area contributed by atoms with Crippen molar-refractivity contribution in [2.24, 2.45) is 0 Å². The first kappa shape index (κ1) is 17.6. The molecule has 6 heteroatoms. The van der Waals surface area contributed by atoms with Gasteiger partial charge in [-0.3, -0.25) is 4.72 Å². The Labute approximate surface area is 154 Å². The first-order chi connectivity index (χ1) is 11.9. The Morgan fingerprint density at radius 1 is 1.08 bits per heavy atom. The van der Waals surface area contributed by atoms with Gasteiger partial charge in [0.25, 0.3) is 0 Å². The number of phenols is 1. The molecule has 4 nitrogen and oxygen atoms in total. The maximum atomic E-state index is 12.5. The monoisotopic (exact) mass is 375 g/mol. The van der Waals surface area contributed by atoms with Gasteiger partial charge in [-0.15, -0.1) is 0 Å². The van der Waals surface area contributed by atoms with Crippen LogP contribution in [-0.2, 0) is 11.3 Å². The molecule has 0 saturated heterocycles. The first-order valence-electron chi connectivity index (χ1n) is 7.71. The van der Waals surface area contributed by atoms with Crippen LogP contribution in [0.15, 0.2) is 42.5 Å². The van der Waals surface area contributed by atoms with Crippen LogP contribution in [0.4, 0.5) is 5.69 Å². The Morgan fingerprint density at radius 3 is 2.40 bits per heavy atom. The Hall–Kier alpha value is -2.24. The minimum atomic E-state index is -1.89. The SMILES string of the molecule is Cc1cc(C)c(OS(=O)Nc2c(O)c(Cl)cc3ccccc23)c(C)c1. The number of rotatable bonds is 4. The number of fused-ring (bicyclic) bond motifs is 1. The molecule has 0 amide bonds. The highest BCUT2D eigenvalue weighted by Gasteiger charge is 2.16. The van der Waals surface area contributed by atoms with Crippen molar-refractivity contribution in [2.75, 3.05) is 4.72 Å². The van der Waals surface area contributed by atoms with Gasteiger partial charge in [0, 0.05) is 5.39 Å². The zero-order valence-electron chi connectivity index (χ0n) is 14.1. The van der Waals surface area contributed by atoms with Crippen LogP contribution in [0, 0.1) is 20.8 Å². The van der Waals surface area contributed by atoms with Crippen LogP contribution in [0.2, 0.25) is 5.02 Å². The Balaban J connectivity index is 1.95. The molecule has 1 unspecified atom stereocenters.